The van der Waals surface area contributed by atoms with Crippen LogP contribution in [0.2, 0.25) is 0 Å². The fraction of sp³-hybridized carbons (Fsp3) is 0.933. The van der Waals surface area contributed by atoms with Gasteiger partial charge in [0.25, 0.3) is 0 Å². The zero-order valence-electron chi connectivity index (χ0n) is 13.0. The van der Waals surface area contributed by atoms with Crippen molar-refractivity contribution in [2.75, 3.05) is 19.5 Å². The van der Waals surface area contributed by atoms with Crippen LogP contribution in [0.5, 0.6) is 0 Å². The van der Waals surface area contributed by atoms with E-state index in [-0.39, 0.29) is 16.6 Å². The Labute approximate surface area is 127 Å². The van der Waals surface area contributed by atoms with Crippen LogP contribution in [0.3, 0.4) is 0 Å². The van der Waals surface area contributed by atoms with Crippen molar-refractivity contribution >= 4 is 15.8 Å². The maximum absolute atomic E-state index is 12.6. The molecule has 21 heavy (non-hydrogen) atoms. The van der Waals surface area contributed by atoms with E-state index in [1.54, 1.807) is 6.92 Å². The molecule has 0 amide bonds. The van der Waals surface area contributed by atoms with Gasteiger partial charge in [-0.2, -0.15) is 0 Å². The molecule has 0 radical (unpaired) electrons. The third-order valence-corrected chi connectivity index (χ3v) is 7.19. The Balaban J connectivity index is 2.04. The normalized spacial score (nSPS) is 27.2. The van der Waals surface area contributed by atoms with E-state index in [2.05, 4.69) is 4.74 Å². The molecule has 1 saturated heterocycles. The summed E-state index contributed by atoms with van der Waals surface area (Å²) >= 11 is 0. The minimum Gasteiger partial charge on any atom is -0.469 e. The zero-order valence-corrected chi connectivity index (χ0v) is 13.8. The van der Waals surface area contributed by atoms with Crippen LogP contribution in [0.4, 0.5) is 0 Å². The van der Waals surface area contributed by atoms with Gasteiger partial charge in [0.15, 0.2) is 9.84 Å². The summed E-state index contributed by atoms with van der Waals surface area (Å²) in [5.74, 6) is -1.19. The Morgan fingerprint density at radius 3 is 2.62 bits per heavy atom. The minimum absolute atomic E-state index is 0.125. The molecule has 6 heteroatoms. The quantitative estimate of drug-likeness (QED) is 0.742. The minimum atomic E-state index is -3.29. The first-order valence-electron chi connectivity index (χ1n) is 7.82. The predicted octanol–water partition coefficient (Wildman–Crippen LogP) is 2.09. The van der Waals surface area contributed by atoms with Gasteiger partial charge in [0.1, 0.15) is 0 Å². The van der Waals surface area contributed by atoms with Crippen molar-refractivity contribution in [2.24, 2.45) is 5.92 Å². The van der Waals surface area contributed by atoms with Gasteiger partial charge >= 0.3 is 5.97 Å². The largest absolute Gasteiger partial charge is 0.469 e. The first-order chi connectivity index (χ1) is 9.88. The van der Waals surface area contributed by atoms with Crippen molar-refractivity contribution in [1.29, 1.82) is 0 Å². The number of sulfone groups is 1. The van der Waals surface area contributed by atoms with Crippen molar-refractivity contribution < 1.29 is 22.7 Å². The third kappa shape index (κ3) is 3.97. The van der Waals surface area contributed by atoms with Crippen LogP contribution in [0.15, 0.2) is 0 Å². The van der Waals surface area contributed by atoms with E-state index < -0.39 is 21.7 Å². The monoisotopic (exact) mass is 318 g/mol. The van der Waals surface area contributed by atoms with E-state index in [9.17, 15) is 13.2 Å². The highest BCUT2D eigenvalue weighted by Gasteiger charge is 2.43. The summed E-state index contributed by atoms with van der Waals surface area (Å²) in [6.07, 6.45) is 6.50. The number of carbonyl (C=O) groups excluding carboxylic acids is 1. The van der Waals surface area contributed by atoms with E-state index in [1.165, 1.54) is 13.5 Å². The molecule has 1 aliphatic carbocycles. The van der Waals surface area contributed by atoms with Crippen LogP contribution in [-0.4, -0.2) is 44.7 Å². The lowest BCUT2D eigenvalue weighted by Crippen LogP contribution is -2.46. The number of hydrogen-bond acceptors (Lipinski definition) is 5. The average molecular weight is 318 g/mol. The van der Waals surface area contributed by atoms with E-state index in [1.807, 2.05) is 0 Å². The van der Waals surface area contributed by atoms with Gasteiger partial charge < -0.3 is 9.47 Å². The number of hydrogen-bond donors (Lipinski definition) is 0. The highest BCUT2D eigenvalue weighted by atomic mass is 32.2. The van der Waals surface area contributed by atoms with Crippen molar-refractivity contribution in [3.63, 3.8) is 0 Å². The molecule has 0 N–H and O–H groups in total. The molecule has 5 nitrogen and oxygen atoms in total. The van der Waals surface area contributed by atoms with Crippen LogP contribution in [0.1, 0.15) is 51.9 Å². The van der Waals surface area contributed by atoms with Gasteiger partial charge in [0.05, 0.1) is 29.6 Å². The first kappa shape index (κ1) is 16.7. The van der Waals surface area contributed by atoms with Gasteiger partial charge in [-0.15, -0.1) is 0 Å². The molecule has 2 rings (SSSR count). The lowest BCUT2D eigenvalue weighted by molar-refractivity contribution is -0.144. The molecule has 2 fully saturated rings. The average Bonchev–Trinajstić information content (AvgIpc) is 2.46. The van der Waals surface area contributed by atoms with E-state index in [0.29, 0.717) is 19.4 Å². The summed E-state index contributed by atoms with van der Waals surface area (Å²) in [4.78, 5) is 11.5. The summed E-state index contributed by atoms with van der Waals surface area (Å²) in [5.41, 5.74) is -0.233. The summed E-state index contributed by atoms with van der Waals surface area (Å²) in [7, 11) is -2.01. The number of rotatable bonds is 4. The lowest BCUT2D eigenvalue weighted by Gasteiger charge is -2.43. The first-order valence-corrected chi connectivity index (χ1v) is 9.53. The van der Waals surface area contributed by atoms with Crippen molar-refractivity contribution in [3.05, 3.63) is 0 Å². The Morgan fingerprint density at radius 2 is 2.00 bits per heavy atom. The molecule has 0 aromatic heterocycles. The Hall–Kier alpha value is -0.620. The smallest absolute Gasteiger partial charge is 0.309 e. The molecule has 1 saturated carbocycles. The van der Waals surface area contributed by atoms with Crippen LogP contribution < -0.4 is 0 Å². The number of methoxy groups -OCH3 is 1. The van der Waals surface area contributed by atoms with Crippen LogP contribution in [0, 0.1) is 5.92 Å². The molecule has 1 aliphatic heterocycles. The zero-order chi connectivity index (χ0) is 15.5. The highest BCUT2D eigenvalue weighted by Crippen LogP contribution is 2.40. The van der Waals surface area contributed by atoms with Gasteiger partial charge in [0, 0.05) is 6.61 Å². The van der Waals surface area contributed by atoms with Gasteiger partial charge in [-0.3, -0.25) is 4.79 Å². The second-order valence-electron chi connectivity index (χ2n) is 6.46. The Morgan fingerprint density at radius 1 is 1.33 bits per heavy atom. The summed E-state index contributed by atoms with van der Waals surface area (Å²) in [5, 5.41) is -0.378. The molecule has 0 aromatic carbocycles. The van der Waals surface area contributed by atoms with Gasteiger partial charge in [-0.25, -0.2) is 8.42 Å². The standard InChI is InChI=1S/C15H26O5S/c1-12(14(16)19-2)11-21(17,18)13-6-9-20-15(10-13)7-4-3-5-8-15/h12-13H,3-11H2,1-2H3. The van der Waals surface area contributed by atoms with Crippen molar-refractivity contribution in [3.8, 4) is 0 Å². The predicted molar refractivity (Wildman–Crippen MR) is 79.8 cm³/mol. The van der Waals surface area contributed by atoms with Crippen LogP contribution in [-0.2, 0) is 24.1 Å². The molecular formula is C15H26O5S. The topological polar surface area (TPSA) is 69.7 Å². The second kappa shape index (κ2) is 6.65. The molecule has 2 aliphatic rings. The molecular weight excluding hydrogens is 292 g/mol. The number of ether oxygens (including phenoxy) is 2. The molecule has 2 unspecified atom stereocenters. The van der Waals surface area contributed by atoms with Crippen molar-refractivity contribution in [1.82, 2.24) is 0 Å². The van der Waals surface area contributed by atoms with Gasteiger partial charge in [-0.1, -0.05) is 26.2 Å². The number of carbonyl (C=O) groups is 1. The van der Waals surface area contributed by atoms with E-state index in [0.717, 1.165) is 25.7 Å². The summed E-state index contributed by atoms with van der Waals surface area (Å²) < 4.78 is 35.7. The molecule has 0 aromatic rings. The van der Waals surface area contributed by atoms with Gasteiger partial charge in [-0.05, 0) is 25.7 Å². The second-order valence-corrected chi connectivity index (χ2v) is 8.79. The van der Waals surface area contributed by atoms with E-state index in [4.69, 9.17) is 4.74 Å². The fourth-order valence-electron chi connectivity index (χ4n) is 3.59. The molecule has 0 bridgehead atoms. The third-order valence-electron chi connectivity index (χ3n) is 4.81. The SMILES string of the molecule is COC(=O)C(C)CS(=O)(=O)C1CCOC2(CCCCC2)C1. The van der Waals surface area contributed by atoms with E-state index >= 15 is 0 Å². The Bertz CT molecular complexity index is 459. The number of esters is 1. The van der Waals surface area contributed by atoms with Crippen LogP contribution >= 0.6 is 0 Å². The Kier molecular flexibility index (Phi) is 5.30. The molecule has 1 spiro atoms. The molecule has 1 heterocycles. The summed E-state index contributed by atoms with van der Waals surface area (Å²) in [6.45, 7) is 2.12. The molecule has 2 atom stereocenters. The maximum Gasteiger partial charge on any atom is 0.309 e. The molecule has 122 valence electrons. The highest BCUT2D eigenvalue weighted by molar-refractivity contribution is 7.92. The maximum atomic E-state index is 12.6. The summed E-state index contributed by atoms with van der Waals surface area (Å²) in [6, 6.07) is 0. The van der Waals surface area contributed by atoms with Crippen LogP contribution in [0.25, 0.3) is 0 Å². The van der Waals surface area contributed by atoms with Crippen molar-refractivity contribution in [2.45, 2.75) is 62.7 Å². The lowest BCUT2D eigenvalue weighted by atomic mass is 9.80. The van der Waals surface area contributed by atoms with Gasteiger partial charge in [0.2, 0.25) is 0 Å². The fourth-order valence-corrected chi connectivity index (χ4v) is 5.71.